The number of carbonyl (C=O) groups is 1. The van der Waals surface area contributed by atoms with E-state index in [4.69, 9.17) is 0 Å². The molecule has 0 spiro atoms. The number of anilines is 1. The molecular formula is C23H27FN2O3S. The zero-order valence-electron chi connectivity index (χ0n) is 17.3. The van der Waals surface area contributed by atoms with Crippen LogP contribution < -0.4 is 4.31 Å². The first-order valence-corrected chi connectivity index (χ1v) is 12.3. The number of likely N-dealkylation sites (tertiary alicyclic amines) is 1. The first-order valence-electron chi connectivity index (χ1n) is 10.4. The van der Waals surface area contributed by atoms with Gasteiger partial charge < -0.3 is 4.90 Å². The van der Waals surface area contributed by atoms with Crippen LogP contribution in [0.4, 0.5) is 10.1 Å². The van der Waals surface area contributed by atoms with Gasteiger partial charge in [-0.25, -0.2) is 12.8 Å². The van der Waals surface area contributed by atoms with Crippen LogP contribution in [0.3, 0.4) is 0 Å². The van der Waals surface area contributed by atoms with Gasteiger partial charge in [0.2, 0.25) is 10.0 Å². The van der Waals surface area contributed by atoms with Crippen LogP contribution in [0, 0.1) is 5.82 Å². The predicted molar refractivity (Wildman–Crippen MR) is 116 cm³/mol. The molecule has 0 aliphatic carbocycles. The van der Waals surface area contributed by atoms with Gasteiger partial charge in [0.05, 0.1) is 11.9 Å². The summed E-state index contributed by atoms with van der Waals surface area (Å²) >= 11 is 0. The second-order valence-corrected chi connectivity index (χ2v) is 10.3. The smallest absolute Gasteiger partial charge is 0.254 e. The number of hydrogen-bond donors (Lipinski definition) is 0. The van der Waals surface area contributed by atoms with E-state index >= 15 is 0 Å². The molecule has 1 fully saturated rings. The van der Waals surface area contributed by atoms with Crippen molar-refractivity contribution in [2.24, 2.45) is 0 Å². The molecular weight excluding hydrogens is 403 g/mol. The van der Waals surface area contributed by atoms with Gasteiger partial charge in [-0.3, -0.25) is 9.10 Å². The molecule has 7 heteroatoms. The molecule has 160 valence electrons. The average Bonchev–Trinajstić information content (AvgIpc) is 3.29. The summed E-state index contributed by atoms with van der Waals surface area (Å²) < 4.78 is 38.4. The Kier molecular flexibility index (Phi) is 5.57. The van der Waals surface area contributed by atoms with Gasteiger partial charge in [-0.2, -0.15) is 0 Å². The minimum Gasteiger partial charge on any atom is -0.333 e. The molecule has 0 unspecified atom stereocenters. The lowest BCUT2D eigenvalue weighted by molar-refractivity contribution is 0.0672. The number of sulfonamides is 1. The molecule has 0 saturated carbocycles. The summed E-state index contributed by atoms with van der Waals surface area (Å²) in [6.45, 7) is 2.50. The van der Waals surface area contributed by atoms with Crippen molar-refractivity contribution in [1.82, 2.24) is 4.90 Å². The van der Waals surface area contributed by atoms with E-state index in [1.165, 1.54) is 22.7 Å². The Morgan fingerprint density at radius 3 is 2.57 bits per heavy atom. The van der Waals surface area contributed by atoms with Crippen LogP contribution in [0.2, 0.25) is 0 Å². The highest BCUT2D eigenvalue weighted by Gasteiger charge is 2.35. The number of hydrogen-bond acceptors (Lipinski definition) is 3. The first-order chi connectivity index (χ1) is 14.2. The molecule has 0 bridgehead atoms. The van der Waals surface area contributed by atoms with E-state index in [1.807, 2.05) is 11.0 Å². The molecule has 0 aromatic heterocycles. The minimum absolute atomic E-state index is 0.00436. The number of benzene rings is 2. The third kappa shape index (κ3) is 4.08. The molecule has 2 atom stereocenters. The van der Waals surface area contributed by atoms with E-state index in [0.717, 1.165) is 36.8 Å². The Bertz CT molecular complexity index is 1050. The topological polar surface area (TPSA) is 57.7 Å². The van der Waals surface area contributed by atoms with Crippen molar-refractivity contribution >= 4 is 21.6 Å². The number of carbonyl (C=O) groups excluding carboxylic acids is 1. The van der Waals surface area contributed by atoms with Gasteiger partial charge in [-0.05, 0) is 80.5 Å². The number of halogens is 1. The summed E-state index contributed by atoms with van der Waals surface area (Å²) in [5, 5.41) is 0. The summed E-state index contributed by atoms with van der Waals surface area (Å²) in [6, 6.07) is 12.2. The third-order valence-electron chi connectivity index (χ3n) is 6.28. The lowest BCUT2D eigenvalue weighted by Crippen LogP contribution is -2.40. The Hall–Kier alpha value is -2.41. The molecule has 0 N–H and O–H groups in total. The third-order valence-corrected chi connectivity index (χ3v) is 7.46. The van der Waals surface area contributed by atoms with Crippen LogP contribution in [0.15, 0.2) is 42.5 Å². The highest BCUT2D eigenvalue weighted by atomic mass is 32.2. The molecule has 2 aromatic rings. The standard InChI is InChI=1S/C23H27FN2O3S/c1-16-3-10-21(11-6-17-4-8-20(24)9-5-17)26(16)23(27)19-7-12-22-18(15-19)13-14-25(22)30(2,28)29/h4-5,7-9,12,15-16,21H,3,6,10-11,13-14H2,1-2H3/t16-,21-/m1/s1. The van der Waals surface area contributed by atoms with E-state index < -0.39 is 10.0 Å². The fraction of sp³-hybridized carbons (Fsp3) is 0.435. The van der Waals surface area contributed by atoms with Crippen molar-refractivity contribution in [3.63, 3.8) is 0 Å². The van der Waals surface area contributed by atoms with Crippen LogP contribution in [-0.4, -0.2) is 44.1 Å². The van der Waals surface area contributed by atoms with Gasteiger partial charge in [-0.15, -0.1) is 0 Å². The van der Waals surface area contributed by atoms with Crippen molar-refractivity contribution in [2.75, 3.05) is 17.1 Å². The van der Waals surface area contributed by atoms with Crippen LogP contribution >= 0.6 is 0 Å². The summed E-state index contributed by atoms with van der Waals surface area (Å²) in [7, 11) is -3.30. The number of amides is 1. The van der Waals surface area contributed by atoms with E-state index in [0.29, 0.717) is 24.2 Å². The SMILES string of the molecule is C[C@@H]1CC[C@H](CCc2ccc(F)cc2)N1C(=O)c1ccc2c(c1)CCN2S(C)(=O)=O. The van der Waals surface area contributed by atoms with Crippen LogP contribution in [0.25, 0.3) is 0 Å². The second-order valence-electron chi connectivity index (χ2n) is 8.39. The van der Waals surface area contributed by atoms with Crippen LogP contribution in [-0.2, 0) is 22.9 Å². The maximum absolute atomic E-state index is 13.3. The fourth-order valence-corrected chi connectivity index (χ4v) is 5.66. The molecule has 2 aliphatic rings. The maximum Gasteiger partial charge on any atom is 0.254 e. The molecule has 0 radical (unpaired) electrons. The zero-order valence-corrected chi connectivity index (χ0v) is 18.2. The quantitative estimate of drug-likeness (QED) is 0.726. The minimum atomic E-state index is -3.30. The number of fused-ring (bicyclic) bond motifs is 1. The fourth-order valence-electron chi connectivity index (χ4n) is 4.70. The van der Waals surface area contributed by atoms with Gasteiger partial charge in [0, 0.05) is 24.2 Å². The second kappa shape index (κ2) is 8.02. The molecule has 5 nitrogen and oxygen atoms in total. The highest BCUT2D eigenvalue weighted by Crippen LogP contribution is 2.33. The van der Waals surface area contributed by atoms with Gasteiger partial charge in [0.1, 0.15) is 5.82 Å². The van der Waals surface area contributed by atoms with Crippen molar-refractivity contribution in [1.29, 1.82) is 0 Å². The lowest BCUT2D eigenvalue weighted by Gasteiger charge is -2.29. The molecule has 2 heterocycles. The maximum atomic E-state index is 13.3. The summed E-state index contributed by atoms with van der Waals surface area (Å²) in [6.07, 6.45) is 5.39. The molecule has 4 rings (SSSR count). The monoisotopic (exact) mass is 430 g/mol. The van der Waals surface area contributed by atoms with Crippen molar-refractivity contribution in [3.8, 4) is 0 Å². The van der Waals surface area contributed by atoms with Crippen LogP contribution in [0.5, 0.6) is 0 Å². The number of rotatable bonds is 5. The van der Waals surface area contributed by atoms with E-state index in [-0.39, 0.29) is 23.8 Å². The van der Waals surface area contributed by atoms with Gasteiger partial charge in [0.25, 0.3) is 5.91 Å². The zero-order chi connectivity index (χ0) is 21.5. The molecule has 1 saturated heterocycles. The molecule has 2 aliphatic heterocycles. The number of nitrogens with zero attached hydrogens (tertiary/aromatic N) is 2. The lowest BCUT2D eigenvalue weighted by atomic mass is 10.0. The summed E-state index contributed by atoms with van der Waals surface area (Å²) in [4.78, 5) is 15.3. The van der Waals surface area contributed by atoms with Crippen molar-refractivity contribution in [2.45, 2.75) is 51.1 Å². The van der Waals surface area contributed by atoms with Gasteiger partial charge >= 0.3 is 0 Å². The van der Waals surface area contributed by atoms with Crippen molar-refractivity contribution in [3.05, 3.63) is 65.0 Å². The average molecular weight is 431 g/mol. The molecule has 1 amide bonds. The van der Waals surface area contributed by atoms with E-state index in [2.05, 4.69) is 6.92 Å². The Morgan fingerprint density at radius 2 is 1.87 bits per heavy atom. The van der Waals surface area contributed by atoms with Crippen molar-refractivity contribution < 1.29 is 17.6 Å². The largest absolute Gasteiger partial charge is 0.333 e. The highest BCUT2D eigenvalue weighted by molar-refractivity contribution is 7.92. The molecule has 30 heavy (non-hydrogen) atoms. The summed E-state index contributed by atoms with van der Waals surface area (Å²) in [5.41, 5.74) is 3.27. The summed E-state index contributed by atoms with van der Waals surface area (Å²) in [5.74, 6) is -0.235. The van der Waals surface area contributed by atoms with E-state index in [9.17, 15) is 17.6 Å². The van der Waals surface area contributed by atoms with Gasteiger partial charge in [-0.1, -0.05) is 12.1 Å². The first kappa shape index (κ1) is 20.8. The Labute approximate surface area is 177 Å². The number of aryl methyl sites for hydroxylation is 1. The normalized spacial score (nSPS) is 21.2. The van der Waals surface area contributed by atoms with Crippen LogP contribution in [0.1, 0.15) is 47.7 Å². The Morgan fingerprint density at radius 1 is 1.13 bits per heavy atom. The molecule has 2 aromatic carbocycles. The van der Waals surface area contributed by atoms with E-state index in [1.54, 1.807) is 24.3 Å². The Balaban J connectivity index is 1.50. The predicted octanol–water partition coefficient (Wildman–Crippen LogP) is 3.77. The van der Waals surface area contributed by atoms with Gasteiger partial charge in [0.15, 0.2) is 0 Å².